The quantitative estimate of drug-likeness (QED) is 0.107. The molecule has 0 aromatic rings. The Bertz CT molecular complexity index is 849. The maximum Gasteiger partial charge on any atom is 0.0799 e. The fourth-order valence-corrected chi connectivity index (χ4v) is 9.92. The highest BCUT2D eigenvalue weighted by Crippen LogP contribution is 2.15. The molecule has 356 valence electrons. The van der Waals surface area contributed by atoms with Crippen molar-refractivity contribution in [2.45, 2.75) is 89.9 Å². The Morgan fingerprint density at radius 1 is 0.267 bits per heavy atom. The van der Waals surface area contributed by atoms with Gasteiger partial charge in [-0.15, -0.1) is 0 Å². The van der Waals surface area contributed by atoms with Crippen LogP contribution in [0.1, 0.15) is 89.9 Å². The molecule has 4 heterocycles. The molecule has 0 atom stereocenters. The zero-order valence-electron chi connectivity index (χ0n) is 39.1. The van der Waals surface area contributed by atoms with Crippen LogP contribution in [0, 0.1) is 0 Å². The van der Waals surface area contributed by atoms with E-state index in [-0.39, 0.29) is 17.0 Å². The summed E-state index contributed by atoms with van der Waals surface area (Å²) < 4.78 is 1.31. The van der Waals surface area contributed by atoms with E-state index in [4.69, 9.17) is 0 Å². The number of hydrogen-bond acceptors (Lipinski definition) is 12. The maximum absolute atomic E-state index is 3.93. The van der Waals surface area contributed by atoms with E-state index in [1.165, 1.54) is 186 Å². The van der Waals surface area contributed by atoms with Crippen LogP contribution in [0.25, 0.3) is 0 Å². The SMILES string of the molecule is C1CNCCCN(CCCN2CCNCCC[N+](CCCN3CCCNCCCNCCC3)(CCCN3CCCNCCCNCCC3)CCCNCC2)CCCNC1.[Br-]. The Balaban J connectivity index is 0.00000961. The highest BCUT2D eigenvalue weighted by atomic mass is 79.9. The molecule has 4 aliphatic heterocycles. The largest absolute Gasteiger partial charge is 1.00 e. The van der Waals surface area contributed by atoms with Gasteiger partial charge in [0.25, 0.3) is 0 Å². The molecule has 0 saturated carbocycles. The first-order valence-corrected chi connectivity index (χ1v) is 25.7. The van der Waals surface area contributed by atoms with E-state index in [9.17, 15) is 0 Å². The van der Waals surface area contributed by atoms with E-state index in [0.29, 0.717) is 0 Å². The minimum atomic E-state index is 0. The first kappa shape index (κ1) is 54.3. The maximum atomic E-state index is 3.93. The molecule has 0 radical (unpaired) electrons. The summed E-state index contributed by atoms with van der Waals surface area (Å²) in [5.74, 6) is 0. The number of hydrogen-bond donors (Lipinski definition) is 8. The second-order valence-corrected chi connectivity index (χ2v) is 18.6. The van der Waals surface area contributed by atoms with Crippen LogP contribution >= 0.6 is 0 Å². The summed E-state index contributed by atoms with van der Waals surface area (Å²) in [6, 6.07) is 0. The Hall–Kier alpha value is -0.0400. The monoisotopic (exact) mass is 914 g/mol. The summed E-state index contributed by atoms with van der Waals surface area (Å²) in [4.78, 5) is 11.1. The van der Waals surface area contributed by atoms with Gasteiger partial charge < -0.3 is 83.6 Å². The summed E-state index contributed by atoms with van der Waals surface area (Å²) >= 11 is 0. The fourth-order valence-electron chi connectivity index (χ4n) is 9.92. The Labute approximate surface area is 381 Å². The van der Waals surface area contributed by atoms with Gasteiger partial charge in [-0.05, 0) is 195 Å². The van der Waals surface area contributed by atoms with Crippen molar-refractivity contribution >= 4 is 0 Å². The number of nitrogens with zero attached hydrogens (tertiary/aromatic N) is 5. The first-order chi connectivity index (χ1) is 29.3. The molecular formula is C46H100BrN13. The molecule has 0 aliphatic carbocycles. The average molecular weight is 915 g/mol. The van der Waals surface area contributed by atoms with E-state index in [2.05, 4.69) is 62.1 Å². The van der Waals surface area contributed by atoms with Crippen molar-refractivity contribution < 1.29 is 21.5 Å². The lowest BCUT2D eigenvalue weighted by molar-refractivity contribution is -0.928. The molecule has 8 N–H and O–H groups in total. The van der Waals surface area contributed by atoms with Gasteiger partial charge in [0.2, 0.25) is 0 Å². The molecule has 0 aromatic heterocycles. The van der Waals surface area contributed by atoms with Gasteiger partial charge in [0, 0.05) is 78.0 Å². The molecule has 4 fully saturated rings. The van der Waals surface area contributed by atoms with Crippen LogP contribution in [-0.4, -0.2) is 234 Å². The number of nitrogens with one attached hydrogen (secondary N) is 8. The average Bonchev–Trinajstić information content (AvgIpc) is 3.22. The third kappa shape index (κ3) is 28.0. The Morgan fingerprint density at radius 2 is 0.517 bits per heavy atom. The first-order valence-electron chi connectivity index (χ1n) is 25.7. The minimum Gasteiger partial charge on any atom is -1.00 e. The van der Waals surface area contributed by atoms with Gasteiger partial charge in [-0.3, -0.25) is 0 Å². The molecule has 4 aliphatic rings. The Kier molecular flexibility index (Phi) is 34.6. The van der Waals surface area contributed by atoms with Crippen LogP contribution in [0.3, 0.4) is 0 Å². The second kappa shape index (κ2) is 38.3. The smallest absolute Gasteiger partial charge is 0.0799 e. The van der Waals surface area contributed by atoms with E-state index in [1.807, 2.05) is 0 Å². The van der Waals surface area contributed by atoms with Crippen LogP contribution in [0.4, 0.5) is 0 Å². The molecule has 13 nitrogen and oxygen atoms in total. The summed E-state index contributed by atoms with van der Waals surface area (Å²) in [6.07, 6.45) is 17.9. The zero-order valence-corrected chi connectivity index (χ0v) is 40.7. The van der Waals surface area contributed by atoms with Gasteiger partial charge in [0.15, 0.2) is 0 Å². The lowest BCUT2D eigenvalue weighted by atomic mass is 10.1. The molecule has 0 amide bonds. The predicted molar refractivity (Wildman–Crippen MR) is 253 cm³/mol. The van der Waals surface area contributed by atoms with Gasteiger partial charge in [-0.1, -0.05) is 0 Å². The van der Waals surface area contributed by atoms with Gasteiger partial charge in [0.1, 0.15) is 0 Å². The highest BCUT2D eigenvalue weighted by molar-refractivity contribution is 4.70. The van der Waals surface area contributed by atoms with Crippen LogP contribution in [0.2, 0.25) is 0 Å². The molecule has 0 unspecified atom stereocenters. The van der Waals surface area contributed by atoms with Crippen molar-refractivity contribution in [1.29, 1.82) is 0 Å². The van der Waals surface area contributed by atoms with Crippen LogP contribution < -0.4 is 59.5 Å². The van der Waals surface area contributed by atoms with Crippen molar-refractivity contribution in [1.82, 2.24) is 62.1 Å². The molecule has 0 aromatic carbocycles. The molecule has 4 rings (SSSR count). The molecule has 4 saturated heterocycles. The van der Waals surface area contributed by atoms with E-state index in [0.717, 1.165) is 118 Å². The van der Waals surface area contributed by atoms with E-state index in [1.54, 1.807) is 0 Å². The summed E-state index contributed by atoms with van der Waals surface area (Å²) in [5, 5.41) is 29.9. The van der Waals surface area contributed by atoms with E-state index < -0.39 is 0 Å². The normalized spacial score (nSPS) is 25.0. The zero-order chi connectivity index (χ0) is 41.0. The van der Waals surface area contributed by atoms with Gasteiger partial charge in [0.05, 0.1) is 26.2 Å². The van der Waals surface area contributed by atoms with Crippen LogP contribution in [0.5, 0.6) is 0 Å². The highest BCUT2D eigenvalue weighted by Gasteiger charge is 2.27. The molecular weight excluding hydrogens is 815 g/mol. The van der Waals surface area contributed by atoms with E-state index >= 15 is 0 Å². The van der Waals surface area contributed by atoms with Gasteiger partial charge in [-0.25, -0.2) is 0 Å². The number of quaternary nitrogens is 1. The second-order valence-electron chi connectivity index (χ2n) is 18.6. The number of halogens is 1. The molecule has 60 heavy (non-hydrogen) atoms. The lowest BCUT2D eigenvalue weighted by Crippen LogP contribution is -3.00. The summed E-state index contributed by atoms with van der Waals surface area (Å²) in [6.45, 7) is 38.4. The van der Waals surface area contributed by atoms with Crippen molar-refractivity contribution in [3.05, 3.63) is 0 Å². The van der Waals surface area contributed by atoms with Gasteiger partial charge >= 0.3 is 0 Å². The lowest BCUT2D eigenvalue weighted by Gasteiger charge is -2.40. The van der Waals surface area contributed by atoms with Gasteiger partial charge in [-0.2, -0.15) is 0 Å². The predicted octanol–water partition coefficient (Wildman–Crippen LogP) is -1.75. The van der Waals surface area contributed by atoms with Crippen molar-refractivity contribution in [3.63, 3.8) is 0 Å². The van der Waals surface area contributed by atoms with Crippen LogP contribution in [0.15, 0.2) is 0 Å². The topological polar surface area (TPSA) is 109 Å². The third-order valence-electron chi connectivity index (χ3n) is 13.4. The molecule has 0 spiro atoms. The summed E-state index contributed by atoms with van der Waals surface area (Å²) in [5.41, 5.74) is 0. The number of rotatable bonds is 12. The Morgan fingerprint density at radius 3 is 0.850 bits per heavy atom. The van der Waals surface area contributed by atoms with Crippen molar-refractivity contribution in [2.24, 2.45) is 0 Å². The molecule has 0 bridgehead atoms. The summed E-state index contributed by atoms with van der Waals surface area (Å²) in [7, 11) is 0. The fraction of sp³-hybridized carbons (Fsp3) is 1.00. The molecule has 14 heteroatoms. The standard InChI is InChI=1S/C46H100N13.BrH/c1-15-47-21-4-31-55(32-5-22-48-16-1)37-12-38-58-41-29-53-27-10-43-59(44-11-28-54-30-42-58,45-13-39-56-33-6-23-49-17-2-18-50-24-7-34-56)46-14-40-57-35-8-25-51-19-3-20-52-26-9-36-57;/h47-54H,1-46H2;1H/q+1;/p-1. The van der Waals surface area contributed by atoms with Crippen LogP contribution in [-0.2, 0) is 0 Å². The minimum absolute atomic E-state index is 0. The van der Waals surface area contributed by atoms with Crippen molar-refractivity contribution in [2.75, 3.05) is 209 Å². The third-order valence-corrected chi connectivity index (χ3v) is 13.4. The van der Waals surface area contributed by atoms with Crippen molar-refractivity contribution in [3.8, 4) is 0 Å².